The summed E-state index contributed by atoms with van der Waals surface area (Å²) in [6, 6.07) is 14.1. The molecule has 5 nitrogen and oxygen atoms in total. The van der Waals surface area contributed by atoms with E-state index < -0.39 is 17.9 Å². The number of carbonyl (C=O) groups is 2. The van der Waals surface area contributed by atoms with E-state index in [1.807, 2.05) is 24.3 Å². The molecule has 1 atom stereocenters. The van der Waals surface area contributed by atoms with Gasteiger partial charge in [0, 0.05) is 0 Å². The molecule has 126 valence electrons. The number of rotatable bonds is 5. The van der Waals surface area contributed by atoms with Crippen molar-refractivity contribution in [3.8, 4) is 5.75 Å². The average molecular weight is 347 g/mol. The van der Waals surface area contributed by atoms with Crippen molar-refractivity contribution in [1.29, 1.82) is 0 Å². The van der Waals surface area contributed by atoms with Gasteiger partial charge in [-0.25, -0.2) is 0 Å². The number of carbonyl (C=O) groups excluding carboxylic acids is 2. The van der Waals surface area contributed by atoms with Crippen LogP contribution in [0.2, 0.25) is 5.02 Å². The second-order valence-corrected chi connectivity index (χ2v) is 5.59. The molecule has 2 aromatic carbocycles. The van der Waals surface area contributed by atoms with Crippen molar-refractivity contribution in [2.75, 3.05) is 0 Å². The molecule has 0 bridgehead atoms. The minimum absolute atomic E-state index is 0.281. The number of halogens is 1. The molecule has 0 fully saturated rings. The average Bonchev–Trinajstić information content (AvgIpc) is 2.60. The van der Waals surface area contributed by atoms with Gasteiger partial charge in [0.05, 0.1) is 10.6 Å². The number of hydrazine groups is 1. The van der Waals surface area contributed by atoms with E-state index in [1.165, 1.54) is 5.56 Å². The predicted molar refractivity (Wildman–Crippen MR) is 93.0 cm³/mol. The lowest BCUT2D eigenvalue weighted by Crippen LogP contribution is -2.47. The highest BCUT2D eigenvalue weighted by Crippen LogP contribution is 2.15. The highest BCUT2D eigenvalue weighted by Gasteiger charge is 2.16. The van der Waals surface area contributed by atoms with Gasteiger partial charge in [-0.1, -0.05) is 42.8 Å². The van der Waals surface area contributed by atoms with Crippen LogP contribution in [-0.2, 0) is 11.2 Å². The van der Waals surface area contributed by atoms with Gasteiger partial charge in [0.25, 0.3) is 11.8 Å². The molecule has 0 heterocycles. The Kier molecular flexibility index (Phi) is 6.21. The van der Waals surface area contributed by atoms with Gasteiger partial charge in [0.2, 0.25) is 0 Å². The van der Waals surface area contributed by atoms with Crippen molar-refractivity contribution in [2.45, 2.75) is 26.4 Å². The zero-order chi connectivity index (χ0) is 17.5. The summed E-state index contributed by atoms with van der Waals surface area (Å²) in [6.07, 6.45) is 0.175. The summed E-state index contributed by atoms with van der Waals surface area (Å²) in [5, 5.41) is 0.310. The normalized spacial score (nSPS) is 11.5. The molecule has 2 aromatic rings. The maximum Gasteiger partial charge on any atom is 0.279 e. The van der Waals surface area contributed by atoms with Crippen LogP contribution in [0.15, 0.2) is 48.5 Å². The van der Waals surface area contributed by atoms with Gasteiger partial charge in [-0.3, -0.25) is 20.4 Å². The zero-order valence-corrected chi connectivity index (χ0v) is 14.3. The zero-order valence-electron chi connectivity index (χ0n) is 13.5. The van der Waals surface area contributed by atoms with Crippen LogP contribution in [-0.4, -0.2) is 17.9 Å². The first kappa shape index (κ1) is 17.8. The summed E-state index contributed by atoms with van der Waals surface area (Å²) in [5.41, 5.74) is 6.12. The third-order valence-corrected chi connectivity index (χ3v) is 3.76. The lowest BCUT2D eigenvalue weighted by Gasteiger charge is -2.15. The second kappa shape index (κ2) is 8.36. The molecule has 6 heteroatoms. The fourth-order valence-electron chi connectivity index (χ4n) is 1.99. The smallest absolute Gasteiger partial charge is 0.279 e. The first-order valence-electron chi connectivity index (χ1n) is 7.61. The van der Waals surface area contributed by atoms with Crippen molar-refractivity contribution in [3.63, 3.8) is 0 Å². The molecule has 2 rings (SSSR count). The van der Waals surface area contributed by atoms with Crippen LogP contribution < -0.4 is 15.6 Å². The van der Waals surface area contributed by atoms with E-state index in [-0.39, 0.29) is 5.56 Å². The monoisotopic (exact) mass is 346 g/mol. The summed E-state index contributed by atoms with van der Waals surface area (Å²) >= 11 is 5.93. The van der Waals surface area contributed by atoms with E-state index in [4.69, 9.17) is 16.3 Å². The quantitative estimate of drug-likeness (QED) is 0.817. The van der Waals surface area contributed by atoms with Gasteiger partial charge in [-0.2, -0.15) is 0 Å². The van der Waals surface area contributed by atoms with E-state index in [0.717, 1.165) is 6.42 Å². The number of ether oxygens (including phenoxy) is 1. The Morgan fingerprint density at radius 2 is 1.75 bits per heavy atom. The molecule has 0 saturated carbocycles. The fourth-order valence-corrected chi connectivity index (χ4v) is 2.22. The van der Waals surface area contributed by atoms with E-state index in [9.17, 15) is 9.59 Å². The van der Waals surface area contributed by atoms with Crippen molar-refractivity contribution >= 4 is 23.4 Å². The first-order valence-corrected chi connectivity index (χ1v) is 7.99. The number of benzene rings is 2. The Balaban J connectivity index is 1.87. The number of hydrogen-bond acceptors (Lipinski definition) is 3. The van der Waals surface area contributed by atoms with Crippen LogP contribution in [0.5, 0.6) is 5.75 Å². The molecule has 0 spiro atoms. The number of nitrogens with one attached hydrogen (secondary N) is 2. The molecule has 0 radical (unpaired) electrons. The highest BCUT2D eigenvalue weighted by atomic mass is 35.5. The van der Waals surface area contributed by atoms with Crippen LogP contribution in [0.3, 0.4) is 0 Å². The summed E-state index contributed by atoms with van der Waals surface area (Å²) in [7, 11) is 0. The number of hydrogen-bond donors (Lipinski definition) is 2. The molecule has 24 heavy (non-hydrogen) atoms. The molecular formula is C18H19ClN2O3. The minimum Gasteiger partial charge on any atom is -0.481 e. The molecule has 0 unspecified atom stereocenters. The van der Waals surface area contributed by atoms with Crippen molar-refractivity contribution in [2.24, 2.45) is 0 Å². The molecule has 0 aromatic heterocycles. The molecule has 0 aliphatic rings. The fraction of sp³-hybridized carbons (Fsp3) is 0.222. The Morgan fingerprint density at radius 1 is 1.08 bits per heavy atom. The summed E-state index contributed by atoms with van der Waals surface area (Å²) in [4.78, 5) is 24.0. The van der Waals surface area contributed by atoms with E-state index in [0.29, 0.717) is 10.8 Å². The molecule has 2 amide bonds. The van der Waals surface area contributed by atoms with Gasteiger partial charge in [0.1, 0.15) is 5.75 Å². The highest BCUT2D eigenvalue weighted by molar-refractivity contribution is 6.33. The molecule has 2 N–H and O–H groups in total. The van der Waals surface area contributed by atoms with Crippen molar-refractivity contribution in [1.82, 2.24) is 10.9 Å². The van der Waals surface area contributed by atoms with Gasteiger partial charge >= 0.3 is 0 Å². The third-order valence-electron chi connectivity index (χ3n) is 3.43. The Bertz CT molecular complexity index is 716. The summed E-state index contributed by atoms with van der Waals surface area (Å²) in [6.45, 7) is 3.67. The van der Waals surface area contributed by atoms with Crippen molar-refractivity contribution in [3.05, 3.63) is 64.7 Å². The SMILES string of the molecule is CCc1ccc(O[C@H](C)C(=O)NNC(=O)c2ccccc2Cl)cc1. The van der Waals surface area contributed by atoms with Crippen LogP contribution >= 0.6 is 11.6 Å². The predicted octanol–water partition coefficient (Wildman–Crippen LogP) is 3.13. The first-order chi connectivity index (χ1) is 11.5. The van der Waals surface area contributed by atoms with Crippen molar-refractivity contribution < 1.29 is 14.3 Å². The van der Waals surface area contributed by atoms with Crippen LogP contribution in [0.25, 0.3) is 0 Å². The Hall–Kier alpha value is -2.53. The second-order valence-electron chi connectivity index (χ2n) is 5.18. The topological polar surface area (TPSA) is 67.4 Å². The van der Waals surface area contributed by atoms with Crippen LogP contribution in [0, 0.1) is 0 Å². The van der Waals surface area contributed by atoms with Crippen LogP contribution in [0.4, 0.5) is 0 Å². The van der Waals surface area contributed by atoms with Gasteiger partial charge in [-0.15, -0.1) is 0 Å². The van der Waals surface area contributed by atoms with Crippen LogP contribution in [0.1, 0.15) is 29.8 Å². The minimum atomic E-state index is -0.760. The third kappa shape index (κ3) is 4.73. The largest absolute Gasteiger partial charge is 0.481 e. The Labute approximate surface area is 145 Å². The van der Waals surface area contributed by atoms with Gasteiger partial charge in [-0.05, 0) is 43.2 Å². The summed E-state index contributed by atoms with van der Waals surface area (Å²) < 4.78 is 5.55. The summed E-state index contributed by atoms with van der Waals surface area (Å²) in [5.74, 6) is -0.365. The number of aryl methyl sites for hydroxylation is 1. The van der Waals surface area contributed by atoms with Gasteiger partial charge in [0.15, 0.2) is 6.10 Å². The lowest BCUT2D eigenvalue weighted by atomic mass is 10.2. The maximum atomic E-state index is 12.0. The molecule has 0 saturated heterocycles. The Morgan fingerprint density at radius 3 is 2.38 bits per heavy atom. The van der Waals surface area contributed by atoms with E-state index >= 15 is 0 Å². The van der Waals surface area contributed by atoms with E-state index in [2.05, 4.69) is 17.8 Å². The van der Waals surface area contributed by atoms with Gasteiger partial charge < -0.3 is 4.74 Å². The lowest BCUT2D eigenvalue weighted by molar-refractivity contribution is -0.128. The standard InChI is InChI=1S/C18H19ClN2O3/c1-3-13-8-10-14(11-9-13)24-12(2)17(22)20-21-18(23)15-6-4-5-7-16(15)19/h4-12H,3H2,1-2H3,(H,20,22)(H,21,23)/t12-/m1/s1. The maximum absolute atomic E-state index is 12.0. The molecule has 0 aliphatic heterocycles. The van der Waals surface area contributed by atoms with E-state index in [1.54, 1.807) is 31.2 Å². The number of amides is 2. The molecular weight excluding hydrogens is 328 g/mol. The molecule has 0 aliphatic carbocycles.